The molecule has 1 aromatic rings. The van der Waals surface area contributed by atoms with E-state index in [0.29, 0.717) is 11.8 Å². The average Bonchev–Trinajstić information content (AvgIpc) is 2.38. The molecule has 19 heavy (non-hydrogen) atoms. The molecule has 1 unspecified atom stereocenters. The lowest BCUT2D eigenvalue weighted by Gasteiger charge is -2.33. The van der Waals surface area contributed by atoms with Crippen LogP contribution in [0, 0.1) is 6.92 Å². The number of hydrogen-bond donors (Lipinski definition) is 1. The maximum absolute atomic E-state index is 12.2. The van der Waals surface area contributed by atoms with Crippen molar-refractivity contribution in [3.05, 3.63) is 23.8 Å². The molecule has 1 aliphatic rings. The maximum atomic E-state index is 12.2. The number of nitrogen functional groups attached to an aromatic ring is 1. The monoisotopic (exact) mass is 278 g/mol. The smallest absolute Gasteiger partial charge is 0.233 e. The summed E-state index contributed by atoms with van der Waals surface area (Å²) in [6.07, 6.45) is 3.50. The van der Waals surface area contributed by atoms with E-state index in [-0.39, 0.29) is 5.91 Å². The molecule has 104 valence electrons. The number of carbonyl (C=O) groups is 1. The minimum atomic E-state index is 0.233. The topological polar surface area (TPSA) is 46.3 Å². The van der Waals surface area contributed by atoms with Crippen LogP contribution < -0.4 is 5.73 Å². The Labute approximate surface area is 119 Å². The van der Waals surface area contributed by atoms with Crippen molar-refractivity contribution in [3.8, 4) is 0 Å². The molecule has 2 N–H and O–H groups in total. The fraction of sp³-hybridized carbons (Fsp3) is 0.533. The normalized spacial score (nSPS) is 19.5. The van der Waals surface area contributed by atoms with Crippen LogP contribution >= 0.6 is 11.8 Å². The number of nitrogens with two attached hydrogens (primary N) is 1. The summed E-state index contributed by atoms with van der Waals surface area (Å²) in [5.74, 6) is 0.717. The quantitative estimate of drug-likeness (QED) is 0.683. The highest BCUT2D eigenvalue weighted by atomic mass is 32.2. The summed E-state index contributed by atoms with van der Waals surface area (Å²) in [7, 11) is 0. The van der Waals surface area contributed by atoms with Crippen molar-refractivity contribution in [2.45, 2.75) is 44.0 Å². The van der Waals surface area contributed by atoms with E-state index in [1.165, 1.54) is 6.42 Å². The van der Waals surface area contributed by atoms with Gasteiger partial charge in [-0.3, -0.25) is 4.79 Å². The molecule has 0 saturated carbocycles. The Morgan fingerprint density at radius 2 is 2.26 bits per heavy atom. The summed E-state index contributed by atoms with van der Waals surface area (Å²) in [5.41, 5.74) is 7.89. The van der Waals surface area contributed by atoms with Gasteiger partial charge in [-0.2, -0.15) is 0 Å². The summed E-state index contributed by atoms with van der Waals surface area (Å²) in [6.45, 7) is 5.07. The molecule has 0 bridgehead atoms. The predicted octanol–water partition coefficient (Wildman–Crippen LogP) is 3.07. The third-order valence-electron chi connectivity index (χ3n) is 3.64. The van der Waals surface area contributed by atoms with E-state index in [2.05, 4.69) is 6.92 Å². The van der Waals surface area contributed by atoms with Crippen molar-refractivity contribution >= 4 is 23.4 Å². The number of piperidine rings is 1. The SMILES string of the molecule is Cc1ccc(SCC(=O)N2CCCCC2C)c(N)c1. The first-order chi connectivity index (χ1) is 9.08. The number of benzene rings is 1. The van der Waals surface area contributed by atoms with E-state index < -0.39 is 0 Å². The van der Waals surface area contributed by atoms with Crippen molar-refractivity contribution in [3.63, 3.8) is 0 Å². The van der Waals surface area contributed by atoms with E-state index in [9.17, 15) is 4.79 Å². The van der Waals surface area contributed by atoms with Crippen LogP contribution in [0.2, 0.25) is 0 Å². The van der Waals surface area contributed by atoms with Gasteiger partial charge in [0.15, 0.2) is 0 Å². The number of amides is 1. The average molecular weight is 278 g/mol. The first kappa shape index (κ1) is 14.3. The van der Waals surface area contributed by atoms with Gasteiger partial charge in [0.05, 0.1) is 5.75 Å². The molecule has 3 nitrogen and oxygen atoms in total. The molecule has 2 rings (SSSR count). The number of aryl methyl sites for hydroxylation is 1. The predicted molar refractivity (Wildman–Crippen MR) is 81.3 cm³/mol. The second-order valence-electron chi connectivity index (χ2n) is 5.26. The van der Waals surface area contributed by atoms with Crippen molar-refractivity contribution in [1.82, 2.24) is 4.90 Å². The van der Waals surface area contributed by atoms with E-state index >= 15 is 0 Å². The zero-order chi connectivity index (χ0) is 13.8. The van der Waals surface area contributed by atoms with Gasteiger partial charge < -0.3 is 10.6 Å². The highest BCUT2D eigenvalue weighted by Gasteiger charge is 2.22. The van der Waals surface area contributed by atoms with Crippen LogP contribution in [0.4, 0.5) is 5.69 Å². The van der Waals surface area contributed by atoms with E-state index in [4.69, 9.17) is 5.73 Å². The van der Waals surface area contributed by atoms with Crippen molar-refractivity contribution in [2.24, 2.45) is 0 Å². The summed E-state index contributed by atoms with van der Waals surface area (Å²) < 4.78 is 0. The summed E-state index contributed by atoms with van der Waals surface area (Å²) in [6, 6.07) is 6.38. The Bertz CT molecular complexity index is 461. The Hall–Kier alpha value is -1.16. The number of carbonyl (C=O) groups excluding carboxylic acids is 1. The summed E-state index contributed by atoms with van der Waals surface area (Å²) >= 11 is 1.54. The Morgan fingerprint density at radius 3 is 2.95 bits per heavy atom. The minimum absolute atomic E-state index is 0.233. The fourth-order valence-corrected chi connectivity index (χ4v) is 3.33. The lowest BCUT2D eigenvalue weighted by atomic mass is 10.0. The van der Waals surface area contributed by atoms with E-state index in [1.54, 1.807) is 11.8 Å². The molecule has 0 spiro atoms. The molecule has 0 radical (unpaired) electrons. The third kappa shape index (κ3) is 3.66. The molecule has 1 amide bonds. The Morgan fingerprint density at radius 1 is 1.47 bits per heavy atom. The van der Waals surface area contributed by atoms with Gasteiger partial charge in [0, 0.05) is 23.2 Å². The van der Waals surface area contributed by atoms with Gasteiger partial charge in [0.1, 0.15) is 0 Å². The van der Waals surface area contributed by atoms with Crippen LogP contribution in [0.15, 0.2) is 23.1 Å². The molecule has 0 aromatic heterocycles. The molecule has 0 aliphatic carbocycles. The molecule has 1 aliphatic heterocycles. The first-order valence-corrected chi connectivity index (χ1v) is 7.85. The van der Waals surface area contributed by atoms with Crippen LogP contribution in [0.3, 0.4) is 0 Å². The molecule has 1 atom stereocenters. The van der Waals surface area contributed by atoms with Crippen LogP contribution in [-0.2, 0) is 4.79 Å². The van der Waals surface area contributed by atoms with Crippen LogP contribution in [0.1, 0.15) is 31.7 Å². The van der Waals surface area contributed by atoms with Gasteiger partial charge >= 0.3 is 0 Å². The molecule has 1 fully saturated rings. The van der Waals surface area contributed by atoms with Gasteiger partial charge in [-0.1, -0.05) is 6.07 Å². The van der Waals surface area contributed by atoms with Crippen molar-refractivity contribution in [2.75, 3.05) is 18.0 Å². The zero-order valence-electron chi connectivity index (χ0n) is 11.7. The number of nitrogens with zero attached hydrogens (tertiary/aromatic N) is 1. The molecule has 1 saturated heterocycles. The van der Waals surface area contributed by atoms with Crippen molar-refractivity contribution in [1.29, 1.82) is 0 Å². The summed E-state index contributed by atoms with van der Waals surface area (Å²) in [4.78, 5) is 15.2. The maximum Gasteiger partial charge on any atom is 0.233 e. The Kier molecular flexibility index (Phi) is 4.75. The van der Waals surface area contributed by atoms with Gasteiger partial charge in [-0.05, 0) is 50.8 Å². The van der Waals surface area contributed by atoms with Crippen molar-refractivity contribution < 1.29 is 4.79 Å². The van der Waals surface area contributed by atoms with E-state index in [0.717, 1.165) is 35.5 Å². The molecule has 1 aromatic carbocycles. The van der Waals surface area contributed by atoms with Gasteiger partial charge in [-0.25, -0.2) is 0 Å². The number of hydrogen-bond acceptors (Lipinski definition) is 3. The van der Waals surface area contributed by atoms with Crippen LogP contribution in [0.5, 0.6) is 0 Å². The number of rotatable bonds is 3. The third-order valence-corrected chi connectivity index (χ3v) is 4.71. The summed E-state index contributed by atoms with van der Waals surface area (Å²) in [5, 5.41) is 0. The van der Waals surface area contributed by atoms with Crippen LogP contribution in [-0.4, -0.2) is 29.1 Å². The zero-order valence-corrected chi connectivity index (χ0v) is 12.5. The molecular weight excluding hydrogens is 256 g/mol. The number of thioether (sulfide) groups is 1. The van der Waals surface area contributed by atoms with E-state index in [1.807, 2.05) is 30.0 Å². The number of anilines is 1. The minimum Gasteiger partial charge on any atom is -0.398 e. The number of likely N-dealkylation sites (tertiary alicyclic amines) is 1. The highest BCUT2D eigenvalue weighted by Crippen LogP contribution is 2.27. The second kappa shape index (κ2) is 6.33. The molecule has 4 heteroatoms. The standard InChI is InChI=1S/C15H22N2OS/c1-11-6-7-14(13(16)9-11)19-10-15(18)17-8-4-3-5-12(17)2/h6-7,9,12H,3-5,8,10,16H2,1-2H3. The lowest BCUT2D eigenvalue weighted by molar-refractivity contribution is -0.131. The lowest BCUT2D eigenvalue weighted by Crippen LogP contribution is -2.42. The fourth-order valence-electron chi connectivity index (χ4n) is 2.49. The highest BCUT2D eigenvalue weighted by molar-refractivity contribution is 8.00. The van der Waals surface area contributed by atoms with Gasteiger partial charge in [0.2, 0.25) is 5.91 Å². The molecular formula is C15H22N2OS. The Balaban J connectivity index is 1.92. The van der Waals surface area contributed by atoms with Gasteiger partial charge in [0.25, 0.3) is 0 Å². The second-order valence-corrected chi connectivity index (χ2v) is 6.28. The van der Waals surface area contributed by atoms with Gasteiger partial charge in [-0.15, -0.1) is 11.8 Å². The van der Waals surface area contributed by atoms with Crippen LogP contribution in [0.25, 0.3) is 0 Å². The molecule has 1 heterocycles. The first-order valence-electron chi connectivity index (χ1n) is 6.86. The largest absolute Gasteiger partial charge is 0.398 e.